The van der Waals surface area contributed by atoms with Gasteiger partial charge >= 0.3 is 0 Å². The van der Waals surface area contributed by atoms with E-state index in [2.05, 4.69) is 38.8 Å². The summed E-state index contributed by atoms with van der Waals surface area (Å²) in [6, 6.07) is 2.00. The fourth-order valence-corrected chi connectivity index (χ4v) is 9.70. The number of ketones is 1. The molecular formula is C33H42NO5+. The average Bonchev–Trinajstić information content (AvgIpc) is 3.48. The largest absolute Gasteiger partial charge is 0.492 e. The van der Waals surface area contributed by atoms with Crippen molar-refractivity contribution in [3.05, 3.63) is 28.8 Å². The Hall–Kier alpha value is -2.49. The van der Waals surface area contributed by atoms with E-state index in [1.807, 2.05) is 6.08 Å². The molecule has 6 heteroatoms. The number of hydrogen-bond donors (Lipinski definition) is 2. The van der Waals surface area contributed by atoms with Crippen LogP contribution in [-0.4, -0.2) is 44.0 Å². The van der Waals surface area contributed by atoms with Crippen molar-refractivity contribution in [2.45, 2.75) is 83.3 Å². The molecule has 2 aliphatic heterocycles. The lowest BCUT2D eigenvalue weighted by Gasteiger charge is -2.57. The standard InChI is InChI=1S/C33H41NO5/c1-31-11-8-24-23(6-5-21-16-22(35)7-12-32(21,24)2)25(31)17-33(36,18-31)13-9-26-28-20(10-14-34(26)3)15-27-29(30(28)37-4)39-19-38-27/h15-16,23-26,36H,5-8,10-12,14,17-19H2,1-4H3/p+1/t23-,24-,25-,26-,31-,32+,33-/m1/s1. The van der Waals surface area contributed by atoms with E-state index in [0.29, 0.717) is 35.7 Å². The van der Waals surface area contributed by atoms with E-state index in [4.69, 9.17) is 14.2 Å². The van der Waals surface area contributed by atoms with Gasteiger partial charge in [0.05, 0.1) is 26.3 Å². The van der Waals surface area contributed by atoms with Crippen LogP contribution in [0.3, 0.4) is 0 Å². The molecule has 0 aromatic heterocycles. The second kappa shape index (κ2) is 8.75. The van der Waals surface area contributed by atoms with Gasteiger partial charge in [0.25, 0.3) is 0 Å². The van der Waals surface area contributed by atoms with Crippen LogP contribution in [0.1, 0.15) is 82.4 Å². The van der Waals surface area contributed by atoms with Gasteiger partial charge in [-0.3, -0.25) is 4.79 Å². The Bertz CT molecular complexity index is 1320. The number of methoxy groups -OCH3 is 1. The van der Waals surface area contributed by atoms with Gasteiger partial charge < -0.3 is 24.2 Å². The predicted octanol–water partition coefficient (Wildman–Crippen LogP) is 3.80. The minimum absolute atomic E-state index is 0.0912. The summed E-state index contributed by atoms with van der Waals surface area (Å²) in [5.74, 6) is 11.2. The molecule has 3 fully saturated rings. The summed E-state index contributed by atoms with van der Waals surface area (Å²) in [5.41, 5.74) is 2.95. The van der Waals surface area contributed by atoms with E-state index in [9.17, 15) is 9.90 Å². The number of ether oxygens (including phenoxy) is 3. The minimum Gasteiger partial charge on any atom is -0.492 e. The number of quaternary nitrogens is 1. The summed E-state index contributed by atoms with van der Waals surface area (Å²) in [7, 11) is 3.87. The number of aliphatic hydroxyl groups is 1. The zero-order valence-corrected chi connectivity index (χ0v) is 23.8. The Morgan fingerprint density at radius 2 is 1.97 bits per heavy atom. The number of nitrogens with one attached hydrogen (secondary N) is 1. The summed E-state index contributed by atoms with van der Waals surface area (Å²) in [4.78, 5) is 13.5. The number of rotatable bonds is 1. The molecule has 1 aromatic rings. The van der Waals surface area contributed by atoms with E-state index < -0.39 is 5.60 Å². The van der Waals surface area contributed by atoms with Crippen LogP contribution in [-0.2, 0) is 11.2 Å². The summed E-state index contributed by atoms with van der Waals surface area (Å²) in [6.45, 7) is 6.00. The normalized spacial score (nSPS) is 41.8. The highest BCUT2D eigenvalue weighted by Crippen LogP contribution is 2.66. The highest BCUT2D eigenvalue weighted by atomic mass is 16.7. The number of hydrogen-bond acceptors (Lipinski definition) is 5. The first kappa shape index (κ1) is 25.5. The molecule has 1 unspecified atom stereocenters. The van der Waals surface area contributed by atoms with Gasteiger partial charge in [0.2, 0.25) is 12.5 Å². The monoisotopic (exact) mass is 532 g/mol. The second-order valence-corrected chi connectivity index (χ2v) is 13.8. The maximum atomic E-state index is 12.2. The van der Waals surface area contributed by atoms with Crippen LogP contribution in [0.15, 0.2) is 17.7 Å². The molecule has 6 nitrogen and oxygen atoms in total. The number of likely N-dealkylation sites (N-methyl/N-ethyl adjacent to an activating group) is 1. The van der Waals surface area contributed by atoms with Gasteiger partial charge in [-0.25, -0.2) is 0 Å². The first-order chi connectivity index (χ1) is 18.6. The third-order valence-corrected chi connectivity index (χ3v) is 11.7. The van der Waals surface area contributed by atoms with E-state index in [1.165, 1.54) is 22.5 Å². The Balaban J connectivity index is 1.19. The van der Waals surface area contributed by atoms with Crippen LogP contribution in [0.25, 0.3) is 0 Å². The minimum atomic E-state index is -0.977. The van der Waals surface area contributed by atoms with E-state index in [1.54, 1.807) is 7.11 Å². The molecule has 39 heavy (non-hydrogen) atoms. The fourth-order valence-electron chi connectivity index (χ4n) is 9.70. The van der Waals surface area contributed by atoms with Crippen molar-refractivity contribution in [3.8, 4) is 29.1 Å². The Morgan fingerprint density at radius 3 is 2.79 bits per heavy atom. The highest BCUT2D eigenvalue weighted by Gasteiger charge is 2.60. The first-order valence-electron chi connectivity index (χ1n) is 14.9. The van der Waals surface area contributed by atoms with Gasteiger partial charge in [-0.15, -0.1) is 0 Å². The first-order valence-corrected chi connectivity index (χ1v) is 14.9. The van der Waals surface area contributed by atoms with E-state index in [0.717, 1.165) is 68.6 Å². The van der Waals surface area contributed by atoms with Crippen molar-refractivity contribution >= 4 is 5.78 Å². The van der Waals surface area contributed by atoms with Gasteiger partial charge in [0.15, 0.2) is 23.3 Å². The number of fused-ring (bicyclic) bond motifs is 7. The topological polar surface area (TPSA) is 69.4 Å². The third kappa shape index (κ3) is 3.79. The SMILES string of the molecule is COc1c2c(cc3c1[C@@H](C#C[C@@]1(O)C[C@@H]4[C@@H]5CCC6=CC(=O)CC[C@]6(C)[C@@H]5CC[C@]4(C)C1)[NH+](C)CC3)OCO2. The molecule has 2 heterocycles. The van der Waals surface area contributed by atoms with Crippen molar-refractivity contribution in [3.63, 3.8) is 0 Å². The van der Waals surface area contributed by atoms with Gasteiger partial charge in [-0.2, -0.15) is 0 Å². The maximum absolute atomic E-state index is 12.2. The van der Waals surface area contributed by atoms with Crippen molar-refractivity contribution in [1.82, 2.24) is 0 Å². The van der Waals surface area contributed by atoms with Gasteiger partial charge in [0.1, 0.15) is 5.60 Å². The molecule has 4 aliphatic carbocycles. The lowest BCUT2D eigenvalue weighted by Crippen LogP contribution is -3.10. The third-order valence-electron chi connectivity index (χ3n) is 11.7. The van der Waals surface area contributed by atoms with Gasteiger partial charge in [-0.1, -0.05) is 25.3 Å². The summed E-state index contributed by atoms with van der Waals surface area (Å²) >= 11 is 0. The molecule has 208 valence electrons. The average molecular weight is 533 g/mol. The number of benzene rings is 1. The lowest BCUT2D eigenvalue weighted by atomic mass is 9.47. The summed E-state index contributed by atoms with van der Waals surface area (Å²) in [6.07, 6.45) is 10.6. The van der Waals surface area contributed by atoms with Crippen LogP contribution < -0.4 is 19.1 Å². The van der Waals surface area contributed by atoms with Crippen LogP contribution in [0, 0.1) is 40.4 Å². The highest BCUT2D eigenvalue weighted by molar-refractivity contribution is 5.91. The van der Waals surface area contributed by atoms with Crippen molar-refractivity contribution < 1.29 is 29.0 Å². The summed E-state index contributed by atoms with van der Waals surface area (Å²) < 4.78 is 17.3. The van der Waals surface area contributed by atoms with Gasteiger partial charge in [0, 0.05) is 12.8 Å². The zero-order chi connectivity index (χ0) is 27.2. The fraction of sp³-hybridized carbons (Fsp3) is 0.667. The smallest absolute Gasteiger partial charge is 0.231 e. The molecule has 0 radical (unpaired) electrons. The Morgan fingerprint density at radius 1 is 1.13 bits per heavy atom. The molecule has 8 atom stereocenters. The zero-order valence-electron chi connectivity index (χ0n) is 23.8. The molecule has 0 amide bonds. The maximum Gasteiger partial charge on any atom is 0.231 e. The van der Waals surface area contributed by atoms with Crippen molar-refractivity contribution in [2.75, 3.05) is 27.5 Å². The molecule has 7 rings (SSSR count). The van der Waals surface area contributed by atoms with Crippen molar-refractivity contribution in [2.24, 2.45) is 28.6 Å². The Kier molecular flexibility index (Phi) is 5.72. The molecular weight excluding hydrogens is 490 g/mol. The van der Waals surface area contributed by atoms with Gasteiger partial charge in [-0.05, 0) is 97.2 Å². The Labute approximate surface area is 232 Å². The van der Waals surface area contributed by atoms with E-state index in [-0.39, 0.29) is 23.7 Å². The molecule has 3 saturated carbocycles. The molecule has 1 aromatic carbocycles. The quantitative estimate of drug-likeness (QED) is 0.539. The number of allylic oxidation sites excluding steroid dienone is 1. The van der Waals surface area contributed by atoms with Crippen LogP contribution in [0.2, 0.25) is 0 Å². The molecule has 6 aliphatic rings. The molecule has 0 bridgehead atoms. The molecule has 0 spiro atoms. The van der Waals surface area contributed by atoms with Crippen molar-refractivity contribution in [1.29, 1.82) is 0 Å². The number of carbonyl (C=O) groups excluding carboxylic acids is 1. The van der Waals surface area contributed by atoms with Crippen LogP contribution in [0.5, 0.6) is 17.2 Å². The van der Waals surface area contributed by atoms with E-state index >= 15 is 0 Å². The predicted molar refractivity (Wildman–Crippen MR) is 147 cm³/mol. The molecule has 0 saturated heterocycles. The number of carbonyl (C=O) groups is 1. The molecule has 2 N–H and O–H groups in total. The summed E-state index contributed by atoms with van der Waals surface area (Å²) in [5, 5.41) is 12.0. The van der Waals surface area contributed by atoms with Crippen LogP contribution >= 0.6 is 0 Å². The van der Waals surface area contributed by atoms with Crippen LogP contribution in [0.4, 0.5) is 0 Å². The second-order valence-electron chi connectivity index (χ2n) is 13.8. The lowest BCUT2D eigenvalue weighted by molar-refractivity contribution is -0.905.